The zero-order chi connectivity index (χ0) is 27.3. The minimum atomic E-state index is -4.94. The SMILES string of the molecule is CCOC(=CC=CC(=[NH+]NC(=O)c1ccccc1)c1ccc(C)cc1)c1ccc(C)cc1.[O-][Cl+3]([O-])([O-])[O-]. The van der Waals surface area contributed by atoms with E-state index in [-0.39, 0.29) is 5.91 Å². The van der Waals surface area contributed by atoms with Crippen LogP contribution in [0.1, 0.15) is 39.5 Å². The summed E-state index contributed by atoms with van der Waals surface area (Å²) in [6.45, 7) is 6.65. The lowest BCUT2D eigenvalue weighted by molar-refractivity contribution is -2.00. The summed E-state index contributed by atoms with van der Waals surface area (Å²) < 4.78 is 39.8. The first-order chi connectivity index (χ1) is 17.6. The van der Waals surface area contributed by atoms with Gasteiger partial charge in [-0.05, 0) is 51.1 Å². The van der Waals surface area contributed by atoms with Crippen LogP contribution >= 0.6 is 0 Å². The van der Waals surface area contributed by atoms with Crippen molar-refractivity contribution in [2.75, 3.05) is 6.61 Å². The van der Waals surface area contributed by atoms with Crippen LogP contribution in [0.3, 0.4) is 0 Å². The zero-order valence-corrected chi connectivity index (χ0v) is 21.5. The molecule has 0 aliphatic rings. The summed E-state index contributed by atoms with van der Waals surface area (Å²) >= 11 is 0. The number of allylic oxidation sites excluding steroid dienone is 3. The molecule has 0 aromatic heterocycles. The van der Waals surface area contributed by atoms with Gasteiger partial charge in [-0.25, -0.2) is 18.6 Å². The summed E-state index contributed by atoms with van der Waals surface area (Å²) in [4.78, 5) is 12.5. The molecule has 3 aromatic rings. The van der Waals surface area contributed by atoms with Gasteiger partial charge in [0, 0.05) is 22.8 Å². The molecule has 9 heteroatoms. The summed E-state index contributed by atoms with van der Waals surface area (Å²) in [7, 11) is -4.94. The van der Waals surface area contributed by atoms with Gasteiger partial charge in [-0.2, -0.15) is 0 Å². The fourth-order valence-electron chi connectivity index (χ4n) is 3.06. The molecule has 194 valence electrons. The van der Waals surface area contributed by atoms with E-state index in [9.17, 15) is 4.79 Å². The van der Waals surface area contributed by atoms with Gasteiger partial charge in [0.25, 0.3) is 0 Å². The van der Waals surface area contributed by atoms with Crippen molar-refractivity contribution in [2.45, 2.75) is 20.8 Å². The Morgan fingerprint density at radius 3 is 1.86 bits per heavy atom. The second-order valence-corrected chi connectivity index (χ2v) is 8.55. The van der Waals surface area contributed by atoms with Crippen molar-refractivity contribution in [1.29, 1.82) is 0 Å². The van der Waals surface area contributed by atoms with E-state index < -0.39 is 10.2 Å². The Hall–Kier alpha value is -3.79. The standard InChI is InChI=1S/C28H28N2O2.ClHO4/c1-4-32-27(24-19-15-22(3)16-20-24)12-8-11-26(23-17-13-21(2)14-18-23)29-30-28(31)25-9-6-5-7-10-25;2-1(3,4)5/h5-20H,4H2,1-3H3,(H,30,31);(H,2,3,4,5). The van der Waals surface area contributed by atoms with Crippen LogP contribution in [0.4, 0.5) is 0 Å². The molecule has 2 N–H and O–H groups in total. The number of halogens is 1. The molecule has 0 radical (unpaired) electrons. The quantitative estimate of drug-likeness (QED) is 0.174. The fourth-order valence-corrected chi connectivity index (χ4v) is 3.06. The number of amides is 1. The van der Waals surface area contributed by atoms with Crippen molar-refractivity contribution in [1.82, 2.24) is 5.43 Å². The molecule has 0 heterocycles. The number of carbonyl (C=O) groups excluding carboxylic acids is 1. The second kappa shape index (κ2) is 14.7. The Morgan fingerprint density at radius 2 is 1.35 bits per heavy atom. The molecule has 37 heavy (non-hydrogen) atoms. The lowest BCUT2D eigenvalue weighted by Crippen LogP contribution is -2.84. The number of hydrazine groups is 1. The lowest BCUT2D eigenvalue weighted by Gasteiger charge is -2.17. The normalized spacial score (nSPS) is 12.1. The molecule has 0 unspecified atom stereocenters. The van der Waals surface area contributed by atoms with Gasteiger partial charge in [0.1, 0.15) is 5.76 Å². The van der Waals surface area contributed by atoms with E-state index in [1.165, 1.54) is 11.1 Å². The predicted octanol–water partition coefficient (Wildman–Crippen LogP) is -0.604. The van der Waals surface area contributed by atoms with Crippen LogP contribution in [0.2, 0.25) is 0 Å². The van der Waals surface area contributed by atoms with Crippen LogP contribution in [-0.2, 0) is 4.74 Å². The van der Waals surface area contributed by atoms with Gasteiger partial charge < -0.3 is 4.74 Å². The van der Waals surface area contributed by atoms with Crippen LogP contribution in [0.25, 0.3) is 5.76 Å². The van der Waals surface area contributed by atoms with E-state index >= 15 is 0 Å². The number of benzene rings is 3. The Bertz CT molecular complexity index is 1210. The molecule has 0 fully saturated rings. The number of ether oxygens (including phenoxy) is 1. The van der Waals surface area contributed by atoms with E-state index in [2.05, 4.69) is 29.6 Å². The Balaban J connectivity index is 0.000000877. The molecule has 0 atom stereocenters. The summed E-state index contributed by atoms with van der Waals surface area (Å²) in [6.07, 6.45) is 5.77. The summed E-state index contributed by atoms with van der Waals surface area (Å²) in [6, 6.07) is 25.5. The van der Waals surface area contributed by atoms with Crippen LogP contribution in [0.5, 0.6) is 0 Å². The maximum absolute atomic E-state index is 12.5. The fraction of sp³-hybridized carbons (Fsp3) is 0.143. The molecule has 0 saturated carbocycles. The highest BCUT2D eigenvalue weighted by atomic mass is 35.7. The summed E-state index contributed by atoms with van der Waals surface area (Å²) in [5.41, 5.74) is 8.49. The Kier molecular flexibility index (Phi) is 11.7. The third kappa shape index (κ3) is 11.7. The predicted molar refractivity (Wildman–Crippen MR) is 130 cm³/mol. The molecule has 3 aromatic carbocycles. The first kappa shape index (κ1) is 29.4. The van der Waals surface area contributed by atoms with Crippen LogP contribution in [-0.4, -0.2) is 18.2 Å². The van der Waals surface area contributed by atoms with E-state index in [0.29, 0.717) is 12.2 Å². The highest BCUT2D eigenvalue weighted by molar-refractivity contribution is 6.05. The summed E-state index contributed by atoms with van der Waals surface area (Å²) in [5.74, 6) is 0.592. The minimum Gasteiger partial charge on any atom is -0.493 e. The van der Waals surface area contributed by atoms with Gasteiger partial charge >= 0.3 is 5.91 Å². The van der Waals surface area contributed by atoms with Crippen LogP contribution in [0.15, 0.2) is 97.1 Å². The first-order valence-corrected chi connectivity index (χ1v) is 12.6. The molecule has 0 bridgehead atoms. The maximum atomic E-state index is 12.5. The van der Waals surface area contributed by atoms with E-state index in [0.717, 1.165) is 22.6 Å². The molecule has 8 nitrogen and oxygen atoms in total. The third-order valence-electron chi connectivity index (χ3n) is 4.86. The first-order valence-electron chi connectivity index (χ1n) is 11.3. The summed E-state index contributed by atoms with van der Waals surface area (Å²) in [5, 5.41) is 3.07. The molecular formula is C28H29ClN2O6. The number of hydrogen-bond acceptors (Lipinski definition) is 6. The smallest absolute Gasteiger partial charge is 0.304 e. The van der Waals surface area contributed by atoms with Crippen molar-refractivity contribution in [2.24, 2.45) is 0 Å². The van der Waals surface area contributed by atoms with Gasteiger partial charge in [0.2, 0.25) is 5.71 Å². The molecule has 1 amide bonds. The largest absolute Gasteiger partial charge is 0.493 e. The third-order valence-corrected chi connectivity index (χ3v) is 4.86. The molecule has 3 rings (SSSR count). The Morgan fingerprint density at radius 1 is 0.838 bits per heavy atom. The average molecular weight is 525 g/mol. The second-order valence-electron chi connectivity index (χ2n) is 7.79. The number of hydrazone groups is 1. The lowest BCUT2D eigenvalue weighted by atomic mass is 10.1. The van der Waals surface area contributed by atoms with E-state index in [1.807, 2.05) is 86.7 Å². The average Bonchev–Trinajstić information content (AvgIpc) is 2.86. The number of hydrogen-bond donors (Lipinski definition) is 2. The van der Waals surface area contributed by atoms with Crippen molar-refractivity contribution >= 4 is 17.4 Å². The van der Waals surface area contributed by atoms with Gasteiger partial charge in [0.15, 0.2) is 0 Å². The Labute approximate surface area is 218 Å². The van der Waals surface area contributed by atoms with Crippen molar-refractivity contribution < 1.29 is 43.5 Å². The molecule has 0 spiro atoms. The maximum Gasteiger partial charge on any atom is 0.304 e. The molecule has 0 aliphatic heterocycles. The van der Waals surface area contributed by atoms with Gasteiger partial charge in [-0.15, -0.1) is 20.8 Å². The molecular weight excluding hydrogens is 496 g/mol. The van der Waals surface area contributed by atoms with Crippen molar-refractivity contribution in [3.63, 3.8) is 0 Å². The van der Waals surface area contributed by atoms with Gasteiger partial charge in [-0.3, -0.25) is 4.79 Å². The zero-order valence-electron chi connectivity index (χ0n) is 20.8. The number of aryl methyl sites for hydroxylation is 2. The highest BCUT2D eigenvalue weighted by Gasteiger charge is 2.10. The van der Waals surface area contributed by atoms with Gasteiger partial charge in [0.05, 0.1) is 6.61 Å². The number of rotatable bonds is 8. The topological polar surface area (TPSA) is 145 Å². The van der Waals surface area contributed by atoms with Crippen molar-refractivity contribution in [3.05, 3.63) is 125 Å². The van der Waals surface area contributed by atoms with E-state index in [4.69, 9.17) is 23.4 Å². The number of nitrogens with one attached hydrogen (secondary N) is 2. The number of carbonyl (C=O) groups is 1. The van der Waals surface area contributed by atoms with Gasteiger partial charge in [-0.1, -0.05) is 71.8 Å². The van der Waals surface area contributed by atoms with Crippen LogP contribution in [0, 0.1) is 24.1 Å². The minimum absolute atomic E-state index is 0.200. The molecule has 0 aliphatic carbocycles. The van der Waals surface area contributed by atoms with Crippen LogP contribution < -0.4 is 29.2 Å². The monoisotopic (exact) mass is 524 g/mol. The van der Waals surface area contributed by atoms with Crippen molar-refractivity contribution in [3.8, 4) is 0 Å². The molecule has 0 saturated heterocycles. The highest BCUT2D eigenvalue weighted by Crippen LogP contribution is 2.17. The van der Waals surface area contributed by atoms with E-state index in [1.54, 1.807) is 12.1 Å².